The highest BCUT2D eigenvalue weighted by Crippen LogP contribution is 2.19. The molecule has 5 nitrogen and oxygen atoms in total. The van der Waals surface area contributed by atoms with Crippen molar-refractivity contribution in [3.8, 4) is 0 Å². The maximum absolute atomic E-state index is 12.2. The minimum atomic E-state index is -3.54. The molecule has 0 aliphatic carbocycles. The van der Waals surface area contributed by atoms with Crippen molar-refractivity contribution < 1.29 is 13.6 Å². The van der Waals surface area contributed by atoms with Gasteiger partial charge in [-0.05, 0) is 18.6 Å². The Hall–Kier alpha value is -2.34. The molecule has 6 heteroatoms. The lowest BCUT2D eigenvalue weighted by Crippen LogP contribution is -2.17. The molecule has 110 valence electrons. The van der Waals surface area contributed by atoms with Crippen molar-refractivity contribution in [2.45, 2.75) is 12.7 Å². The number of anilines is 1. The van der Waals surface area contributed by atoms with Gasteiger partial charge in [-0.25, -0.2) is 8.42 Å². The first kappa shape index (κ1) is 15.1. The van der Waals surface area contributed by atoms with Crippen molar-refractivity contribution >= 4 is 21.4 Å². The van der Waals surface area contributed by atoms with Gasteiger partial charge in [-0.1, -0.05) is 53.7 Å². The van der Waals surface area contributed by atoms with Crippen LogP contribution < -0.4 is 4.72 Å². The zero-order chi connectivity index (χ0) is 15.3. The third-order valence-corrected chi connectivity index (χ3v) is 4.18. The normalized spacial score (nSPS) is 12.1. The summed E-state index contributed by atoms with van der Waals surface area (Å²) in [5.74, 6) is -0.114. The van der Waals surface area contributed by atoms with E-state index in [1.54, 1.807) is 55.5 Å². The number of sulfonamides is 1. The van der Waals surface area contributed by atoms with E-state index in [-0.39, 0.29) is 5.75 Å². The zero-order valence-corrected chi connectivity index (χ0v) is 12.3. The molecule has 21 heavy (non-hydrogen) atoms. The number of oxime groups is 1. The van der Waals surface area contributed by atoms with Gasteiger partial charge >= 0.3 is 0 Å². The lowest BCUT2D eigenvalue weighted by molar-refractivity contribution is 0.319. The van der Waals surface area contributed by atoms with Crippen LogP contribution in [0.5, 0.6) is 0 Å². The highest BCUT2D eigenvalue weighted by Gasteiger charge is 2.14. The monoisotopic (exact) mass is 304 g/mol. The summed E-state index contributed by atoms with van der Waals surface area (Å²) in [6.07, 6.45) is 0. The fraction of sp³-hybridized carbons (Fsp3) is 0.133. The number of para-hydroxylation sites is 1. The standard InChI is InChI=1S/C15H16N2O3S/c1-12(16-18)14-9-5-6-10-15(14)17-21(19,20)11-13-7-3-2-4-8-13/h2-10,17-18H,11H2,1H3/b16-12+. The number of benzene rings is 2. The molecule has 0 unspecified atom stereocenters. The molecule has 2 aromatic carbocycles. The van der Waals surface area contributed by atoms with Crippen LogP contribution >= 0.6 is 0 Å². The number of rotatable bonds is 5. The fourth-order valence-corrected chi connectivity index (χ4v) is 3.16. The molecule has 0 aromatic heterocycles. The van der Waals surface area contributed by atoms with E-state index in [2.05, 4.69) is 9.88 Å². The quantitative estimate of drug-likeness (QED) is 0.506. The predicted octanol–water partition coefficient (Wildman–Crippen LogP) is 2.83. The Morgan fingerprint density at radius 3 is 2.38 bits per heavy atom. The summed E-state index contributed by atoms with van der Waals surface area (Å²) in [4.78, 5) is 0. The van der Waals surface area contributed by atoms with Crippen LogP contribution in [0.1, 0.15) is 18.1 Å². The van der Waals surface area contributed by atoms with Crippen molar-refractivity contribution in [3.05, 3.63) is 65.7 Å². The summed E-state index contributed by atoms with van der Waals surface area (Å²) < 4.78 is 27.0. The van der Waals surface area contributed by atoms with Gasteiger partial charge in [0, 0.05) is 5.56 Å². The topological polar surface area (TPSA) is 78.8 Å². The van der Waals surface area contributed by atoms with Crippen molar-refractivity contribution in [1.29, 1.82) is 0 Å². The average Bonchev–Trinajstić information content (AvgIpc) is 2.47. The number of hydrogen-bond donors (Lipinski definition) is 2. The molecule has 2 aromatic rings. The van der Waals surface area contributed by atoms with Crippen molar-refractivity contribution in [1.82, 2.24) is 0 Å². The van der Waals surface area contributed by atoms with Crippen molar-refractivity contribution in [2.24, 2.45) is 5.16 Å². The van der Waals surface area contributed by atoms with Gasteiger partial charge in [0.1, 0.15) is 0 Å². The predicted molar refractivity (Wildman–Crippen MR) is 83.1 cm³/mol. The average molecular weight is 304 g/mol. The Bertz CT molecular complexity index is 741. The lowest BCUT2D eigenvalue weighted by Gasteiger charge is -2.12. The summed E-state index contributed by atoms with van der Waals surface area (Å²) >= 11 is 0. The summed E-state index contributed by atoms with van der Waals surface area (Å²) in [6.45, 7) is 1.60. The van der Waals surface area contributed by atoms with Crippen LogP contribution in [0.3, 0.4) is 0 Å². The van der Waals surface area contributed by atoms with Gasteiger partial charge < -0.3 is 5.21 Å². The Morgan fingerprint density at radius 2 is 1.71 bits per heavy atom. The second kappa shape index (κ2) is 6.41. The molecule has 0 radical (unpaired) electrons. The molecule has 0 heterocycles. The number of hydrogen-bond acceptors (Lipinski definition) is 4. The Morgan fingerprint density at radius 1 is 1.10 bits per heavy atom. The van der Waals surface area contributed by atoms with E-state index in [1.165, 1.54) is 0 Å². The first-order valence-electron chi connectivity index (χ1n) is 6.34. The molecule has 0 bridgehead atoms. The maximum atomic E-state index is 12.2. The first-order valence-corrected chi connectivity index (χ1v) is 7.99. The summed E-state index contributed by atoms with van der Waals surface area (Å²) in [7, 11) is -3.54. The van der Waals surface area contributed by atoms with Crippen LogP contribution in [0.2, 0.25) is 0 Å². The largest absolute Gasteiger partial charge is 0.411 e. The molecular formula is C15H16N2O3S. The van der Waals surface area contributed by atoms with E-state index in [1.807, 2.05) is 6.07 Å². The summed E-state index contributed by atoms with van der Waals surface area (Å²) in [5, 5.41) is 12.0. The van der Waals surface area contributed by atoms with Gasteiger partial charge in [-0.15, -0.1) is 0 Å². The molecule has 0 atom stereocenters. The van der Waals surface area contributed by atoms with E-state index in [9.17, 15) is 8.42 Å². The molecule has 0 saturated carbocycles. The van der Waals surface area contributed by atoms with Crippen molar-refractivity contribution in [3.63, 3.8) is 0 Å². The molecule has 0 fully saturated rings. The maximum Gasteiger partial charge on any atom is 0.236 e. The third-order valence-electron chi connectivity index (χ3n) is 2.93. The van der Waals surface area contributed by atoms with E-state index in [0.29, 0.717) is 22.5 Å². The number of nitrogens with zero attached hydrogens (tertiary/aromatic N) is 1. The SMILES string of the molecule is C/C(=N\O)c1ccccc1NS(=O)(=O)Cc1ccccc1. The molecule has 0 spiro atoms. The van der Waals surface area contributed by atoms with E-state index >= 15 is 0 Å². The van der Waals surface area contributed by atoms with Gasteiger partial charge in [-0.3, -0.25) is 4.72 Å². The van der Waals surface area contributed by atoms with Crippen LogP contribution in [0.4, 0.5) is 5.69 Å². The van der Waals surface area contributed by atoms with Gasteiger partial charge in [0.25, 0.3) is 0 Å². The zero-order valence-electron chi connectivity index (χ0n) is 11.5. The van der Waals surface area contributed by atoms with Crippen LogP contribution in [0.15, 0.2) is 59.8 Å². The van der Waals surface area contributed by atoms with E-state index in [0.717, 1.165) is 0 Å². The molecule has 0 saturated heterocycles. The molecule has 0 aliphatic rings. The van der Waals surface area contributed by atoms with Gasteiger partial charge in [-0.2, -0.15) is 0 Å². The van der Waals surface area contributed by atoms with Crippen LogP contribution in [-0.4, -0.2) is 19.3 Å². The Kier molecular flexibility index (Phi) is 4.59. The van der Waals surface area contributed by atoms with Gasteiger partial charge in [0.05, 0.1) is 17.2 Å². The molecule has 2 rings (SSSR count). The molecule has 0 amide bonds. The smallest absolute Gasteiger partial charge is 0.236 e. The minimum Gasteiger partial charge on any atom is -0.411 e. The second-order valence-corrected chi connectivity index (χ2v) is 6.30. The van der Waals surface area contributed by atoms with E-state index in [4.69, 9.17) is 5.21 Å². The number of nitrogens with one attached hydrogen (secondary N) is 1. The van der Waals surface area contributed by atoms with Gasteiger partial charge in [0.2, 0.25) is 10.0 Å². The lowest BCUT2D eigenvalue weighted by atomic mass is 10.1. The molecule has 0 aliphatic heterocycles. The Labute approximate surface area is 124 Å². The first-order chi connectivity index (χ1) is 10.0. The molecular weight excluding hydrogens is 288 g/mol. The second-order valence-electron chi connectivity index (χ2n) is 4.58. The van der Waals surface area contributed by atoms with Crippen LogP contribution in [0.25, 0.3) is 0 Å². The Balaban J connectivity index is 2.25. The van der Waals surface area contributed by atoms with Crippen molar-refractivity contribution in [2.75, 3.05) is 4.72 Å². The summed E-state index contributed by atoms with van der Waals surface area (Å²) in [5.41, 5.74) is 1.98. The van der Waals surface area contributed by atoms with Crippen LogP contribution in [0, 0.1) is 0 Å². The van der Waals surface area contributed by atoms with Gasteiger partial charge in [0.15, 0.2) is 0 Å². The highest BCUT2D eigenvalue weighted by atomic mass is 32.2. The van der Waals surface area contributed by atoms with Crippen LogP contribution in [-0.2, 0) is 15.8 Å². The fourth-order valence-electron chi connectivity index (χ4n) is 1.94. The minimum absolute atomic E-state index is 0.114. The van der Waals surface area contributed by atoms with E-state index < -0.39 is 10.0 Å². The third kappa shape index (κ3) is 4.06. The molecule has 2 N–H and O–H groups in total. The summed E-state index contributed by atoms with van der Waals surface area (Å²) in [6, 6.07) is 15.7. The highest BCUT2D eigenvalue weighted by molar-refractivity contribution is 7.91.